The molecule has 0 bridgehead atoms. The molecule has 11 aromatic carbocycles. The first-order chi connectivity index (χ1) is 41.1. The van der Waals surface area contributed by atoms with Gasteiger partial charge in [-0.25, -0.2) is 0 Å². The van der Waals surface area contributed by atoms with Crippen LogP contribution in [0.15, 0.2) is 189 Å². The molecule has 0 amide bonds. The van der Waals surface area contributed by atoms with E-state index in [2.05, 4.69) is 0 Å². The van der Waals surface area contributed by atoms with E-state index in [-0.39, 0.29) is 67.1 Å². The van der Waals surface area contributed by atoms with Crippen LogP contribution in [0.1, 0.15) is 63.6 Å². The number of carbonyl (C=O) groups is 6. The molecule has 3 aliphatic carbocycles. The lowest BCUT2D eigenvalue weighted by Crippen LogP contribution is -2.40. The molecule has 0 saturated heterocycles. The number of hydrogen-bond donors (Lipinski definition) is 6. The van der Waals surface area contributed by atoms with Crippen LogP contribution >= 0.6 is 0 Å². The van der Waals surface area contributed by atoms with E-state index in [9.17, 15) is 103 Å². The van der Waals surface area contributed by atoms with Crippen molar-refractivity contribution in [3.63, 3.8) is 0 Å². The topological polar surface area (TPSA) is 377 Å². The predicted molar refractivity (Wildman–Crippen MR) is 311 cm³/mol. The highest BCUT2D eigenvalue weighted by molar-refractivity contribution is 6.32. The largest absolute Gasteiger partial charge is 0.353 e. The van der Waals surface area contributed by atoms with Crippen LogP contribution in [-0.4, -0.2) is 82.7 Å². The molecule has 3 aliphatic rings. The van der Waals surface area contributed by atoms with Crippen molar-refractivity contribution in [2.75, 3.05) is 0 Å². The van der Waals surface area contributed by atoms with Gasteiger partial charge in [0.2, 0.25) is 67.3 Å². The number of aliphatic hydroxyl groups is 6. The number of rotatable bonds is 6. The first-order valence-electron chi connectivity index (χ1n) is 25.8. The second-order valence-electron chi connectivity index (χ2n) is 21.1. The first kappa shape index (κ1) is 54.8. The van der Waals surface area contributed by atoms with Crippen molar-refractivity contribution in [2.24, 2.45) is 0 Å². The summed E-state index contributed by atoms with van der Waals surface area (Å²) in [5, 5.41) is 59.8. The minimum absolute atomic E-state index is 0. The lowest BCUT2D eigenvalue weighted by atomic mass is 9.90. The number of hydrogen-bond acceptors (Lipinski definition) is 21. The number of ketones is 6. The summed E-state index contributed by atoms with van der Waals surface area (Å²) >= 11 is 0. The van der Waals surface area contributed by atoms with Gasteiger partial charge in [-0.1, -0.05) is 36.4 Å². The highest BCUT2D eigenvalue weighted by Gasteiger charge is 2.53. The van der Waals surface area contributed by atoms with E-state index >= 15 is 0 Å². The zero-order valence-electron chi connectivity index (χ0n) is 43.7. The molecule has 6 N–H and O–H groups in total. The van der Waals surface area contributed by atoms with Crippen LogP contribution in [0.4, 0.5) is 0 Å². The van der Waals surface area contributed by atoms with Crippen molar-refractivity contribution in [3.05, 3.63) is 271 Å². The van der Waals surface area contributed by atoms with Gasteiger partial charge in [0.1, 0.15) is 0 Å². The summed E-state index contributed by atoms with van der Waals surface area (Å²) in [6.07, 6.45) is 0. The summed E-state index contributed by atoms with van der Waals surface area (Å²) in [5.74, 6) is -16.8. The summed E-state index contributed by atoms with van der Waals surface area (Å²) in [7, 11) is 0. The fourth-order valence-corrected chi connectivity index (χ4v) is 11.4. The molecule has 0 aromatic heterocycles. The Morgan fingerprint density at radius 3 is 0.598 bits per heavy atom. The molecule has 0 heterocycles. The van der Waals surface area contributed by atoms with Gasteiger partial charge in [0.25, 0.3) is 33.6 Å². The average Bonchev–Trinajstić information content (AvgIpc) is 1.90. The second-order valence-corrected chi connectivity index (χ2v) is 21.1. The number of fused-ring (bicyclic) bond motifs is 6. The van der Waals surface area contributed by atoms with E-state index in [4.69, 9.17) is 0 Å². The zero-order valence-corrected chi connectivity index (χ0v) is 43.7. The average molecular weight is 1160 g/mol. The molecule has 0 spiro atoms. The van der Waals surface area contributed by atoms with Gasteiger partial charge in [0.15, 0.2) is 0 Å². The molecule has 21 heteroatoms. The third kappa shape index (κ3) is 7.93. The van der Waals surface area contributed by atoms with E-state index in [1.165, 1.54) is 91.0 Å². The number of Topliss-reactive ketones (excluding diaryl/α,β-unsaturated/α-hetero) is 6. The molecule has 0 atom stereocenters. The van der Waals surface area contributed by atoms with Crippen LogP contribution in [0.5, 0.6) is 0 Å². The molecular weight excluding hydrogens is 1130 g/mol. The second kappa shape index (κ2) is 18.5. The SMILES string of the molecule is O=C1c2ccc(-c3cc(-c4ccc5c(c4)C(=O)C(O)(O)C5=O)cc(-c4ccc5c(c4)C(=O)C(O)(O)C5=O)c3)cc2C(=O)C1(O)O.O=c1c(=O)c2ccc(-c3cc(-c4ccc5c(=O)c(=O)c(=O)c5c4)cc(-c4ccc5c(=O)c(=O)c(=O)c5c4)c3)cc2c1=O.[2HH]. The van der Waals surface area contributed by atoms with Crippen molar-refractivity contribution in [2.45, 2.75) is 17.4 Å². The van der Waals surface area contributed by atoms with Gasteiger partial charge in [0.05, 0.1) is 0 Å². The van der Waals surface area contributed by atoms with Gasteiger partial charge in [-0.2, -0.15) is 0 Å². The van der Waals surface area contributed by atoms with Crippen LogP contribution < -0.4 is 48.9 Å². The Bertz CT molecular complexity index is 5090. The zero-order chi connectivity index (χ0) is 62.0. The highest BCUT2D eigenvalue weighted by atomic mass is 16.5. The highest BCUT2D eigenvalue weighted by Crippen LogP contribution is 2.41. The molecule has 14 rings (SSSR count). The van der Waals surface area contributed by atoms with Crippen molar-refractivity contribution in [1.29, 1.82) is 0 Å². The number of carbonyl (C=O) groups excluding carboxylic acids is 6. The lowest BCUT2D eigenvalue weighted by Gasteiger charge is -2.13. The van der Waals surface area contributed by atoms with E-state index < -0.39 is 101 Å². The normalized spacial score (nSPS) is 15.4. The predicted octanol–water partition coefficient (Wildman–Crippen LogP) is 2.13. The van der Waals surface area contributed by atoms with Gasteiger partial charge >= 0.3 is 0 Å². The van der Waals surface area contributed by atoms with Crippen molar-refractivity contribution >= 4 is 67.0 Å². The van der Waals surface area contributed by atoms with E-state index in [1.54, 1.807) is 54.6 Å². The minimum Gasteiger partial charge on any atom is -0.353 e. The summed E-state index contributed by atoms with van der Waals surface area (Å²) < 4.78 is 0. The Morgan fingerprint density at radius 1 is 0.184 bits per heavy atom. The van der Waals surface area contributed by atoms with Gasteiger partial charge in [-0.05, 0) is 176 Å². The molecule has 0 aliphatic heterocycles. The minimum atomic E-state index is -3.21. The molecule has 422 valence electrons. The van der Waals surface area contributed by atoms with Crippen LogP contribution in [0.2, 0.25) is 0 Å². The maximum Gasteiger partial charge on any atom is 0.295 e. The Hall–Kier alpha value is -11.4. The summed E-state index contributed by atoms with van der Waals surface area (Å²) in [5.41, 5.74) is -4.85. The van der Waals surface area contributed by atoms with Crippen LogP contribution in [-0.2, 0) is 0 Å². The quantitative estimate of drug-likeness (QED) is 0.0789. The van der Waals surface area contributed by atoms with E-state index in [1.807, 2.05) is 0 Å². The number of benzene rings is 8. The Kier molecular flexibility index (Phi) is 11.7. The summed E-state index contributed by atoms with van der Waals surface area (Å²) in [6, 6.07) is 35.2. The lowest BCUT2D eigenvalue weighted by molar-refractivity contribution is -0.0857. The van der Waals surface area contributed by atoms with E-state index in [0.29, 0.717) is 66.8 Å². The molecule has 0 radical (unpaired) electrons. The van der Waals surface area contributed by atoms with Crippen molar-refractivity contribution in [3.8, 4) is 66.8 Å². The third-order valence-electron chi connectivity index (χ3n) is 16.1. The molecule has 87 heavy (non-hydrogen) atoms. The fraction of sp³-hybridized carbons (Fsp3) is 0.0455. The van der Waals surface area contributed by atoms with Gasteiger partial charge in [0, 0.05) is 67.1 Å². The van der Waals surface area contributed by atoms with Gasteiger partial charge < -0.3 is 30.6 Å². The third-order valence-corrected chi connectivity index (χ3v) is 16.1. The van der Waals surface area contributed by atoms with E-state index in [0.717, 1.165) is 0 Å². The maximum atomic E-state index is 12.6. The van der Waals surface area contributed by atoms with Crippen molar-refractivity contribution < 1.29 is 60.8 Å². The van der Waals surface area contributed by atoms with Crippen LogP contribution in [0.25, 0.3) is 99.1 Å². The van der Waals surface area contributed by atoms with Crippen molar-refractivity contribution in [1.82, 2.24) is 0 Å². The molecule has 0 unspecified atom stereocenters. The molecule has 0 saturated carbocycles. The molecule has 21 nitrogen and oxygen atoms in total. The first-order valence-corrected chi connectivity index (χ1v) is 25.8. The fourth-order valence-electron chi connectivity index (χ4n) is 11.4. The van der Waals surface area contributed by atoms with Gasteiger partial charge in [-0.3, -0.25) is 71.9 Å². The molecule has 0 fully saturated rings. The monoisotopic (exact) mass is 1160 g/mol. The standard InChI is InChI=1S/C33H18O12.C33H12O9.H2/c34-25-19-4-1-13(10-22(19)28(37)31(25,40)41)16-7-17(14-2-5-20-23(11-14)29(38)32(42,43)26(20)35)9-18(8-16)15-3-6-21-24(12-15)30(39)33(44,45)27(21)36;34-25-19-4-1-13(10-22(19)28(37)31(25)40)16-7-17(14-2-5-20-23(11-14)29(38)32(41)26(20)35)9-18(8-16)15-3-6-21-24(12-15)30(39)33(42)27(21)36;/h1-12,40-45H;1-12H;1H/i;;1+1. The van der Waals surface area contributed by atoms with Gasteiger partial charge in [-0.15, -0.1) is 0 Å². The Labute approximate surface area is 481 Å². The summed E-state index contributed by atoms with van der Waals surface area (Å²) in [6.45, 7) is 0. The van der Waals surface area contributed by atoms with Crippen LogP contribution in [0.3, 0.4) is 0 Å². The summed E-state index contributed by atoms with van der Waals surface area (Å²) in [4.78, 5) is 184. The Balaban J connectivity index is 0.000000170. The van der Waals surface area contributed by atoms with Crippen LogP contribution in [0, 0.1) is 0 Å². The maximum absolute atomic E-state index is 12.6. The smallest absolute Gasteiger partial charge is 0.295 e. The Morgan fingerprint density at radius 2 is 0.368 bits per heavy atom. The molecule has 11 aromatic rings. The molecular formula is C66H32O21.